The molecule has 0 aromatic heterocycles. The lowest BCUT2D eigenvalue weighted by Crippen LogP contribution is -2.23. The Labute approximate surface area is 169 Å². The number of amidine groups is 1. The summed E-state index contributed by atoms with van der Waals surface area (Å²) in [5.74, 6) is 1.21. The molecule has 0 bridgehead atoms. The van der Waals surface area contributed by atoms with E-state index in [9.17, 15) is 4.79 Å². The van der Waals surface area contributed by atoms with E-state index in [2.05, 4.69) is 11.6 Å². The minimum Gasteiger partial charge on any atom is -0.490 e. The molecule has 1 saturated heterocycles. The zero-order valence-corrected chi connectivity index (χ0v) is 16.7. The number of para-hydroxylation sites is 1. The molecule has 144 valence electrons. The van der Waals surface area contributed by atoms with Gasteiger partial charge in [-0.05, 0) is 54.6 Å². The molecule has 1 heterocycles. The van der Waals surface area contributed by atoms with Gasteiger partial charge in [-0.25, -0.2) is 4.99 Å². The third kappa shape index (κ3) is 4.64. The van der Waals surface area contributed by atoms with Crippen molar-refractivity contribution >= 4 is 34.6 Å². The highest BCUT2D eigenvalue weighted by Crippen LogP contribution is 2.35. The second kappa shape index (κ2) is 9.28. The quantitative estimate of drug-likeness (QED) is 0.496. The highest BCUT2D eigenvalue weighted by atomic mass is 32.2. The van der Waals surface area contributed by atoms with Crippen molar-refractivity contribution in [2.75, 3.05) is 20.3 Å². The predicted octanol–water partition coefficient (Wildman–Crippen LogP) is 4.88. The van der Waals surface area contributed by atoms with Crippen molar-refractivity contribution < 1.29 is 14.3 Å². The zero-order valence-electron chi connectivity index (χ0n) is 15.9. The molecule has 0 spiro atoms. The van der Waals surface area contributed by atoms with Crippen LogP contribution in [0.4, 0.5) is 5.69 Å². The summed E-state index contributed by atoms with van der Waals surface area (Å²) in [5.41, 5.74) is 1.67. The van der Waals surface area contributed by atoms with E-state index < -0.39 is 0 Å². The number of benzene rings is 2. The Kier molecular flexibility index (Phi) is 6.55. The molecule has 3 rings (SSSR count). The van der Waals surface area contributed by atoms with Crippen LogP contribution in [-0.4, -0.2) is 36.2 Å². The number of amides is 1. The fraction of sp³-hybridized carbons (Fsp3) is 0.182. The molecule has 6 heteroatoms. The molecule has 5 nitrogen and oxygen atoms in total. The van der Waals surface area contributed by atoms with Crippen LogP contribution in [0.1, 0.15) is 12.5 Å². The van der Waals surface area contributed by atoms with Crippen molar-refractivity contribution in [2.24, 2.45) is 4.99 Å². The summed E-state index contributed by atoms with van der Waals surface area (Å²) in [6.07, 6.45) is 3.53. The SMILES string of the molecule is C=CCOc1ccc(/C=C2/SC(=Nc3ccccc3)N(C)C2=O)cc1OCC. The Morgan fingerprint density at radius 3 is 2.64 bits per heavy atom. The van der Waals surface area contributed by atoms with Gasteiger partial charge in [0.05, 0.1) is 17.2 Å². The molecule has 0 atom stereocenters. The van der Waals surface area contributed by atoms with Crippen LogP contribution in [-0.2, 0) is 4.79 Å². The highest BCUT2D eigenvalue weighted by molar-refractivity contribution is 8.18. The van der Waals surface area contributed by atoms with Crippen LogP contribution in [0.2, 0.25) is 0 Å². The maximum atomic E-state index is 12.6. The average Bonchev–Trinajstić information content (AvgIpc) is 2.96. The first-order valence-electron chi connectivity index (χ1n) is 8.94. The van der Waals surface area contributed by atoms with E-state index in [4.69, 9.17) is 9.47 Å². The number of likely N-dealkylation sites (N-methyl/N-ethyl adjacent to an activating group) is 1. The van der Waals surface area contributed by atoms with Gasteiger partial charge in [-0.3, -0.25) is 9.69 Å². The van der Waals surface area contributed by atoms with Crippen LogP contribution in [0.3, 0.4) is 0 Å². The summed E-state index contributed by atoms with van der Waals surface area (Å²) in [6, 6.07) is 15.2. The molecular formula is C22H22N2O3S. The lowest BCUT2D eigenvalue weighted by atomic mass is 10.2. The Morgan fingerprint density at radius 2 is 1.93 bits per heavy atom. The minimum absolute atomic E-state index is 0.0791. The lowest BCUT2D eigenvalue weighted by molar-refractivity contribution is -0.121. The van der Waals surface area contributed by atoms with E-state index in [0.29, 0.717) is 34.8 Å². The normalized spacial score (nSPS) is 16.6. The molecule has 0 N–H and O–H groups in total. The maximum absolute atomic E-state index is 12.6. The molecule has 0 unspecified atom stereocenters. The fourth-order valence-electron chi connectivity index (χ4n) is 2.57. The first-order chi connectivity index (χ1) is 13.6. The van der Waals surface area contributed by atoms with Crippen LogP contribution in [0.5, 0.6) is 11.5 Å². The number of carbonyl (C=O) groups excluding carboxylic acids is 1. The molecule has 0 saturated carbocycles. The zero-order chi connectivity index (χ0) is 19.9. The van der Waals surface area contributed by atoms with E-state index in [1.807, 2.05) is 61.5 Å². The van der Waals surface area contributed by atoms with Gasteiger partial charge in [-0.2, -0.15) is 0 Å². The molecule has 1 fully saturated rings. The average molecular weight is 394 g/mol. The third-order valence-corrected chi connectivity index (χ3v) is 4.97. The molecule has 1 aliphatic heterocycles. The van der Waals surface area contributed by atoms with Crippen molar-refractivity contribution in [1.29, 1.82) is 0 Å². The smallest absolute Gasteiger partial charge is 0.266 e. The number of nitrogens with zero attached hydrogens (tertiary/aromatic N) is 2. The monoisotopic (exact) mass is 394 g/mol. The van der Waals surface area contributed by atoms with Gasteiger partial charge in [0.25, 0.3) is 5.91 Å². The summed E-state index contributed by atoms with van der Waals surface area (Å²) in [5, 5.41) is 0.651. The molecule has 28 heavy (non-hydrogen) atoms. The first-order valence-corrected chi connectivity index (χ1v) is 9.76. The summed E-state index contributed by atoms with van der Waals surface area (Å²) < 4.78 is 11.3. The Balaban J connectivity index is 1.86. The largest absolute Gasteiger partial charge is 0.490 e. The van der Waals surface area contributed by atoms with Crippen molar-refractivity contribution in [1.82, 2.24) is 4.90 Å². The number of ether oxygens (including phenoxy) is 2. The number of aliphatic imine (C=N–C) groups is 1. The lowest BCUT2D eigenvalue weighted by Gasteiger charge is -2.11. The second-order valence-electron chi connectivity index (χ2n) is 5.94. The molecular weight excluding hydrogens is 372 g/mol. The Hall–Kier alpha value is -2.99. The number of carbonyl (C=O) groups is 1. The van der Waals surface area contributed by atoms with Crippen molar-refractivity contribution in [3.8, 4) is 11.5 Å². The molecule has 0 radical (unpaired) electrons. The molecule has 1 amide bonds. The highest BCUT2D eigenvalue weighted by Gasteiger charge is 2.30. The first kappa shape index (κ1) is 19.8. The van der Waals surface area contributed by atoms with Gasteiger partial charge in [0, 0.05) is 7.05 Å². The Morgan fingerprint density at radius 1 is 1.14 bits per heavy atom. The topological polar surface area (TPSA) is 51.1 Å². The molecule has 0 aliphatic carbocycles. The number of thioether (sulfide) groups is 1. The van der Waals surface area contributed by atoms with Gasteiger partial charge in [0.2, 0.25) is 0 Å². The van der Waals surface area contributed by atoms with E-state index in [1.165, 1.54) is 11.8 Å². The van der Waals surface area contributed by atoms with Gasteiger partial charge in [0.1, 0.15) is 6.61 Å². The summed E-state index contributed by atoms with van der Waals surface area (Å²) in [7, 11) is 1.73. The minimum atomic E-state index is -0.0791. The molecule has 2 aromatic rings. The number of hydrogen-bond acceptors (Lipinski definition) is 5. The number of hydrogen-bond donors (Lipinski definition) is 0. The summed E-state index contributed by atoms with van der Waals surface area (Å²) in [6.45, 7) is 6.50. The van der Waals surface area contributed by atoms with Gasteiger partial charge in [-0.15, -0.1) is 0 Å². The van der Waals surface area contributed by atoms with E-state index >= 15 is 0 Å². The van der Waals surface area contributed by atoms with Crippen LogP contribution in [0.25, 0.3) is 6.08 Å². The van der Waals surface area contributed by atoms with Crippen LogP contribution in [0.15, 0.2) is 71.1 Å². The van der Waals surface area contributed by atoms with E-state index in [1.54, 1.807) is 18.0 Å². The van der Waals surface area contributed by atoms with Gasteiger partial charge < -0.3 is 9.47 Å². The fourth-order valence-corrected chi connectivity index (χ4v) is 3.55. The molecule has 1 aliphatic rings. The van der Waals surface area contributed by atoms with Crippen molar-refractivity contribution in [3.05, 3.63) is 71.7 Å². The standard InChI is InChI=1S/C22H22N2O3S/c1-4-13-27-18-12-11-16(14-19(18)26-5-2)15-20-21(25)24(3)22(28-20)23-17-9-7-6-8-10-17/h4,6-12,14-15H,1,5,13H2,2-3H3/b20-15+,23-22?. The van der Waals surface area contributed by atoms with Crippen LogP contribution in [0, 0.1) is 0 Å². The second-order valence-corrected chi connectivity index (χ2v) is 6.95. The third-order valence-electron chi connectivity index (χ3n) is 3.91. The Bertz CT molecular complexity index is 923. The van der Waals surface area contributed by atoms with Crippen molar-refractivity contribution in [3.63, 3.8) is 0 Å². The van der Waals surface area contributed by atoms with Gasteiger partial charge in [-0.1, -0.05) is 36.9 Å². The van der Waals surface area contributed by atoms with Crippen LogP contribution < -0.4 is 9.47 Å². The number of rotatable bonds is 7. The molecule has 2 aromatic carbocycles. The predicted molar refractivity (Wildman–Crippen MR) is 115 cm³/mol. The summed E-state index contributed by atoms with van der Waals surface area (Å²) in [4.78, 5) is 19.4. The van der Waals surface area contributed by atoms with E-state index in [-0.39, 0.29) is 5.91 Å². The van der Waals surface area contributed by atoms with Crippen molar-refractivity contribution in [2.45, 2.75) is 6.92 Å². The summed E-state index contributed by atoms with van der Waals surface area (Å²) >= 11 is 1.36. The van der Waals surface area contributed by atoms with Gasteiger partial charge >= 0.3 is 0 Å². The van der Waals surface area contributed by atoms with E-state index in [0.717, 1.165) is 11.3 Å². The van der Waals surface area contributed by atoms with Gasteiger partial charge in [0.15, 0.2) is 16.7 Å². The van der Waals surface area contributed by atoms with Crippen LogP contribution >= 0.6 is 11.8 Å². The maximum Gasteiger partial charge on any atom is 0.266 e.